The Morgan fingerprint density at radius 1 is 0.413 bits per heavy atom. The van der Waals surface area contributed by atoms with Gasteiger partial charge >= 0.3 is 14.2 Å². The van der Waals surface area contributed by atoms with Gasteiger partial charge in [-0.3, -0.25) is 0 Å². The SMILES string of the molecule is CC1(C)c2cccc(-c3ccc(B4Oc5ccccc5O4)cc3)c2Oc2c(-c3ccc(B4Oc5ccccc5O4)cc3)cccc21. The third-order valence-electron chi connectivity index (χ3n) is 9.20. The maximum Gasteiger partial charge on any atom is 0.632 e. The van der Waals surface area contributed by atoms with Crippen molar-refractivity contribution in [2.45, 2.75) is 19.3 Å². The van der Waals surface area contributed by atoms with Crippen LogP contribution in [0, 0.1) is 0 Å². The lowest BCUT2D eigenvalue weighted by Gasteiger charge is -2.36. The van der Waals surface area contributed by atoms with Gasteiger partial charge in [0.2, 0.25) is 0 Å². The molecule has 3 heterocycles. The molecule has 6 aromatic carbocycles. The average molecular weight is 598 g/mol. The van der Waals surface area contributed by atoms with Gasteiger partial charge in [-0.15, -0.1) is 0 Å². The second-order valence-corrected chi connectivity index (χ2v) is 12.4. The zero-order valence-corrected chi connectivity index (χ0v) is 25.4. The van der Waals surface area contributed by atoms with Crippen LogP contribution in [0.2, 0.25) is 0 Å². The summed E-state index contributed by atoms with van der Waals surface area (Å²) in [7, 11) is -0.927. The van der Waals surface area contributed by atoms with Crippen molar-refractivity contribution < 1.29 is 23.4 Å². The van der Waals surface area contributed by atoms with E-state index in [0.29, 0.717) is 0 Å². The number of hydrogen-bond acceptors (Lipinski definition) is 5. The molecule has 0 spiro atoms. The van der Waals surface area contributed by atoms with Crippen LogP contribution < -0.4 is 34.3 Å². The molecule has 3 aliphatic heterocycles. The van der Waals surface area contributed by atoms with Crippen molar-refractivity contribution in [2.75, 3.05) is 0 Å². The summed E-state index contributed by atoms with van der Waals surface area (Å²) in [6, 6.07) is 45.1. The van der Waals surface area contributed by atoms with Crippen LogP contribution in [0.25, 0.3) is 22.3 Å². The maximum atomic E-state index is 6.93. The largest absolute Gasteiger partial charge is 0.632 e. The average Bonchev–Trinajstić information content (AvgIpc) is 3.73. The molecule has 3 aliphatic rings. The van der Waals surface area contributed by atoms with Gasteiger partial charge in [0.05, 0.1) is 0 Å². The van der Waals surface area contributed by atoms with Gasteiger partial charge in [-0.05, 0) is 35.4 Å². The Labute approximate surface area is 268 Å². The van der Waals surface area contributed by atoms with Gasteiger partial charge in [0.25, 0.3) is 0 Å². The third-order valence-corrected chi connectivity index (χ3v) is 9.20. The summed E-state index contributed by atoms with van der Waals surface area (Å²) >= 11 is 0. The maximum absolute atomic E-state index is 6.93. The summed E-state index contributed by atoms with van der Waals surface area (Å²) in [5.74, 6) is 4.81. The Balaban J connectivity index is 1.03. The number of benzene rings is 6. The molecule has 0 N–H and O–H groups in total. The second-order valence-electron chi connectivity index (χ2n) is 12.4. The van der Waals surface area contributed by atoms with Crippen LogP contribution in [0.15, 0.2) is 133 Å². The van der Waals surface area contributed by atoms with Crippen molar-refractivity contribution in [2.24, 2.45) is 0 Å². The molecule has 0 aliphatic carbocycles. The topological polar surface area (TPSA) is 46.2 Å². The number of rotatable bonds is 4. The Bertz CT molecular complexity index is 1920. The minimum Gasteiger partial charge on any atom is -0.519 e. The van der Waals surface area contributed by atoms with Crippen molar-refractivity contribution in [3.8, 4) is 56.8 Å². The van der Waals surface area contributed by atoms with Crippen molar-refractivity contribution in [3.05, 3.63) is 145 Å². The summed E-state index contributed by atoms with van der Waals surface area (Å²) in [6.45, 7) is 4.54. The van der Waals surface area contributed by atoms with Gasteiger partial charge < -0.3 is 23.4 Å². The van der Waals surface area contributed by atoms with E-state index in [4.69, 9.17) is 23.4 Å². The van der Waals surface area contributed by atoms with Gasteiger partial charge in [-0.25, -0.2) is 0 Å². The monoisotopic (exact) mass is 598 g/mol. The normalized spacial score (nSPS) is 14.8. The fraction of sp³-hybridized carbons (Fsp3) is 0.0769. The Morgan fingerprint density at radius 2 is 0.783 bits per heavy atom. The Kier molecular flexibility index (Phi) is 5.97. The van der Waals surface area contributed by atoms with E-state index >= 15 is 0 Å². The quantitative estimate of drug-likeness (QED) is 0.194. The first-order valence-electron chi connectivity index (χ1n) is 15.5. The highest BCUT2D eigenvalue weighted by Crippen LogP contribution is 2.53. The van der Waals surface area contributed by atoms with Crippen molar-refractivity contribution in [3.63, 3.8) is 0 Å². The highest BCUT2D eigenvalue weighted by atomic mass is 16.6. The fourth-order valence-corrected chi connectivity index (χ4v) is 6.69. The standard InChI is InChI=1S/C39H28B2O5/c1-39(2)31-11-7-9-29(25-17-21-27(22-18-25)40-43-33-13-3-4-14-34(33)44-40)37(31)42-38-30(10-8-12-32(38)39)26-19-23-28(24-20-26)41-45-35-15-5-6-16-36(35)46-41/h3-24H,1-2H3. The van der Waals surface area contributed by atoms with E-state index < -0.39 is 14.2 Å². The molecule has 0 amide bonds. The summed E-state index contributed by atoms with van der Waals surface area (Å²) in [6.07, 6.45) is 0. The smallest absolute Gasteiger partial charge is 0.519 e. The first kappa shape index (κ1) is 26.8. The Hall–Kier alpha value is -5.55. The van der Waals surface area contributed by atoms with Gasteiger partial charge in [0.15, 0.2) is 0 Å². The highest BCUT2D eigenvalue weighted by molar-refractivity contribution is 6.64. The highest BCUT2D eigenvalue weighted by Gasteiger charge is 2.38. The van der Waals surface area contributed by atoms with Gasteiger partial charge in [-0.1, -0.05) is 123 Å². The predicted octanol–water partition coefficient (Wildman–Crippen LogP) is 7.79. The molecule has 0 atom stereocenters. The minimum absolute atomic E-state index is 0.274. The number of hydrogen-bond donors (Lipinski definition) is 0. The molecular formula is C39H28B2O5. The van der Waals surface area contributed by atoms with E-state index in [1.807, 2.05) is 48.5 Å². The number of fused-ring (bicyclic) bond motifs is 4. The lowest BCUT2D eigenvalue weighted by molar-refractivity contribution is 0.421. The molecule has 0 fully saturated rings. The van der Waals surface area contributed by atoms with E-state index in [2.05, 4.69) is 98.8 Å². The number of para-hydroxylation sites is 6. The summed E-state index contributed by atoms with van der Waals surface area (Å²) in [4.78, 5) is 0. The zero-order valence-electron chi connectivity index (χ0n) is 25.4. The summed E-state index contributed by atoms with van der Waals surface area (Å²) < 4.78 is 31.1. The van der Waals surface area contributed by atoms with E-state index in [1.54, 1.807) is 0 Å². The van der Waals surface area contributed by atoms with Crippen LogP contribution in [0.1, 0.15) is 25.0 Å². The van der Waals surface area contributed by atoms with Crippen LogP contribution in [-0.2, 0) is 5.41 Å². The molecule has 0 unspecified atom stereocenters. The van der Waals surface area contributed by atoms with E-state index in [-0.39, 0.29) is 5.41 Å². The van der Waals surface area contributed by atoms with Crippen LogP contribution in [0.3, 0.4) is 0 Å². The molecule has 220 valence electrons. The van der Waals surface area contributed by atoms with E-state index in [9.17, 15) is 0 Å². The van der Waals surface area contributed by atoms with Crippen LogP contribution in [-0.4, -0.2) is 14.2 Å². The van der Waals surface area contributed by atoms with Crippen molar-refractivity contribution >= 4 is 25.2 Å². The Morgan fingerprint density at radius 3 is 1.15 bits per heavy atom. The first-order chi connectivity index (χ1) is 22.5. The van der Waals surface area contributed by atoms with Crippen LogP contribution in [0.5, 0.6) is 34.5 Å². The van der Waals surface area contributed by atoms with Crippen LogP contribution in [0.4, 0.5) is 0 Å². The summed E-state index contributed by atoms with van der Waals surface area (Å²) in [5, 5.41) is 0. The van der Waals surface area contributed by atoms with Gasteiger partial charge in [-0.2, -0.15) is 0 Å². The molecule has 0 aromatic heterocycles. The minimum atomic E-state index is -0.464. The zero-order chi connectivity index (χ0) is 30.8. The molecule has 0 saturated heterocycles. The second kappa shape index (κ2) is 10.2. The number of ether oxygens (including phenoxy) is 1. The lowest BCUT2D eigenvalue weighted by Crippen LogP contribution is -2.38. The molecule has 46 heavy (non-hydrogen) atoms. The molecule has 7 heteroatoms. The van der Waals surface area contributed by atoms with Crippen LogP contribution >= 0.6 is 0 Å². The van der Waals surface area contributed by atoms with E-state index in [0.717, 1.165) is 78.8 Å². The molecule has 5 nitrogen and oxygen atoms in total. The summed E-state index contributed by atoms with van der Waals surface area (Å²) in [5.41, 5.74) is 8.16. The van der Waals surface area contributed by atoms with Gasteiger partial charge in [0, 0.05) is 38.6 Å². The molecule has 6 aromatic rings. The molecule has 0 bridgehead atoms. The van der Waals surface area contributed by atoms with E-state index in [1.165, 1.54) is 0 Å². The lowest BCUT2D eigenvalue weighted by atomic mass is 9.73. The fourth-order valence-electron chi connectivity index (χ4n) is 6.69. The first-order valence-corrected chi connectivity index (χ1v) is 15.5. The molecule has 9 rings (SSSR count). The third kappa shape index (κ3) is 4.26. The molecular weight excluding hydrogens is 570 g/mol. The molecule has 0 radical (unpaired) electrons. The predicted molar refractivity (Wildman–Crippen MR) is 182 cm³/mol. The van der Waals surface area contributed by atoms with Crippen molar-refractivity contribution in [1.29, 1.82) is 0 Å². The van der Waals surface area contributed by atoms with Gasteiger partial charge in [0.1, 0.15) is 34.5 Å². The molecule has 0 saturated carbocycles. The van der Waals surface area contributed by atoms with Crippen molar-refractivity contribution in [1.82, 2.24) is 0 Å².